The molecule has 0 spiro atoms. The summed E-state index contributed by atoms with van der Waals surface area (Å²) in [5.41, 5.74) is 2.07. The molecule has 3 aromatic rings. The molecule has 1 aliphatic rings. The SMILES string of the molecule is Cc1nn(CC(=O)NC(C)c2ccc(NC(=O)C3CC3)cc2)c(=O)c2ccccc12. The van der Waals surface area contributed by atoms with Crippen LogP contribution < -0.4 is 16.2 Å². The maximum atomic E-state index is 12.6. The fraction of sp³-hybridized carbons (Fsp3) is 0.304. The summed E-state index contributed by atoms with van der Waals surface area (Å²) in [5.74, 6) is -0.0794. The molecule has 1 heterocycles. The van der Waals surface area contributed by atoms with E-state index in [2.05, 4.69) is 15.7 Å². The standard InChI is InChI=1S/C23H24N4O3/c1-14(16-9-11-18(12-10-16)25-22(29)17-7-8-17)24-21(28)13-27-23(30)20-6-4-3-5-19(20)15(2)26-27/h3-6,9-12,14,17H,7-8,13H2,1-2H3,(H,24,28)(H,25,29). The van der Waals surface area contributed by atoms with Crippen LogP contribution >= 0.6 is 0 Å². The molecule has 0 aliphatic heterocycles. The number of benzene rings is 2. The lowest BCUT2D eigenvalue weighted by Gasteiger charge is -2.16. The van der Waals surface area contributed by atoms with Gasteiger partial charge >= 0.3 is 0 Å². The molecule has 1 aromatic heterocycles. The summed E-state index contributed by atoms with van der Waals surface area (Å²) in [6, 6.07) is 14.4. The minimum atomic E-state index is -0.294. The van der Waals surface area contributed by atoms with E-state index in [4.69, 9.17) is 0 Å². The summed E-state index contributed by atoms with van der Waals surface area (Å²) in [5, 5.41) is 11.4. The van der Waals surface area contributed by atoms with E-state index in [9.17, 15) is 14.4 Å². The van der Waals surface area contributed by atoms with E-state index in [0.29, 0.717) is 11.1 Å². The number of fused-ring (bicyclic) bond motifs is 1. The van der Waals surface area contributed by atoms with E-state index in [-0.39, 0.29) is 35.9 Å². The number of nitrogens with one attached hydrogen (secondary N) is 2. The van der Waals surface area contributed by atoms with Crippen molar-refractivity contribution in [2.45, 2.75) is 39.3 Å². The quantitative estimate of drug-likeness (QED) is 0.661. The lowest BCUT2D eigenvalue weighted by molar-refractivity contribution is -0.122. The van der Waals surface area contributed by atoms with Crippen LogP contribution in [0.25, 0.3) is 10.8 Å². The molecule has 1 saturated carbocycles. The first-order valence-electron chi connectivity index (χ1n) is 10.1. The van der Waals surface area contributed by atoms with Gasteiger partial charge in [0.25, 0.3) is 5.56 Å². The first-order chi connectivity index (χ1) is 14.4. The van der Waals surface area contributed by atoms with Crippen molar-refractivity contribution in [1.29, 1.82) is 0 Å². The lowest BCUT2D eigenvalue weighted by atomic mass is 10.1. The molecular formula is C23H24N4O3. The average molecular weight is 404 g/mol. The second-order valence-electron chi connectivity index (χ2n) is 7.77. The first-order valence-corrected chi connectivity index (χ1v) is 10.1. The number of nitrogens with zero attached hydrogens (tertiary/aromatic N) is 2. The number of hydrogen-bond donors (Lipinski definition) is 2. The number of hydrogen-bond acceptors (Lipinski definition) is 4. The summed E-state index contributed by atoms with van der Waals surface area (Å²) >= 11 is 0. The lowest BCUT2D eigenvalue weighted by Crippen LogP contribution is -2.35. The van der Waals surface area contributed by atoms with Gasteiger partial charge in [-0.05, 0) is 50.5 Å². The maximum Gasteiger partial charge on any atom is 0.275 e. The van der Waals surface area contributed by atoms with Crippen molar-refractivity contribution in [1.82, 2.24) is 15.1 Å². The molecule has 30 heavy (non-hydrogen) atoms. The van der Waals surface area contributed by atoms with Gasteiger partial charge in [0, 0.05) is 17.0 Å². The number of aryl methyl sites for hydroxylation is 1. The van der Waals surface area contributed by atoms with Gasteiger partial charge in [-0.1, -0.05) is 30.3 Å². The Morgan fingerprint density at radius 3 is 2.43 bits per heavy atom. The monoisotopic (exact) mass is 404 g/mol. The average Bonchev–Trinajstić information content (AvgIpc) is 3.58. The summed E-state index contributed by atoms with van der Waals surface area (Å²) in [4.78, 5) is 37.0. The van der Waals surface area contributed by atoms with Crippen molar-refractivity contribution in [2.75, 3.05) is 5.32 Å². The predicted molar refractivity (Wildman–Crippen MR) is 115 cm³/mol. The van der Waals surface area contributed by atoms with Crippen LogP contribution in [-0.4, -0.2) is 21.6 Å². The van der Waals surface area contributed by atoms with E-state index in [1.165, 1.54) is 4.68 Å². The molecule has 1 unspecified atom stereocenters. The fourth-order valence-corrected chi connectivity index (χ4v) is 3.46. The molecule has 7 heteroatoms. The number of amides is 2. The van der Waals surface area contributed by atoms with Gasteiger partial charge in [0.2, 0.25) is 11.8 Å². The molecule has 154 valence electrons. The molecule has 1 aliphatic carbocycles. The first kappa shape index (κ1) is 19.8. The molecule has 2 aromatic carbocycles. The highest BCUT2D eigenvalue weighted by molar-refractivity contribution is 5.94. The third kappa shape index (κ3) is 4.25. The zero-order chi connectivity index (χ0) is 21.3. The van der Waals surface area contributed by atoms with E-state index >= 15 is 0 Å². The van der Waals surface area contributed by atoms with Crippen LogP contribution in [-0.2, 0) is 16.1 Å². The predicted octanol–water partition coefficient (Wildman–Crippen LogP) is 2.93. The topological polar surface area (TPSA) is 93.1 Å². The molecular weight excluding hydrogens is 380 g/mol. The Morgan fingerprint density at radius 1 is 1.10 bits per heavy atom. The van der Waals surface area contributed by atoms with Gasteiger partial charge in [0.05, 0.1) is 17.1 Å². The van der Waals surface area contributed by atoms with Gasteiger partial charge in [-0.2, -0.15) is 5.10 Å². The molecule has 4 rings (SSSR count). The number of aromatic nitrogens is 2. The van der Waals surface area contributed by atoms with Gasteiger partial charge in [-0.3, -0.25) is 14.4 Å². The van der Waals surface area contributed by atoms with Crippen molar-refractivity contribution in [2.24, 2.45) is 5.92 Å². The Balaban J connectivity index is 1.41. The van der Waals surface area contributed by atoms with Crippen LogP contribution in [0.15, 0.2) is 53.3 Å². The third-order valence-electron chi connectivity index (χ3n) is 5.35. The molecule has 1 atom stereocenters. The van der Waals surface area contributed by atoms with Gasteiger partial charge < -0.3 is 10.6 Å². The molecule has 7 nitrogen and oxygen atoms in total. The Bertz CT molecular complexity index is 1160. The van der Waals surface area contributed by atoms with Crippen molar-refractivity contribution in [3.05, 3.63) is 70.1 Å². The normalized spacial score (nSPS) is 14.3. The fourth-order valence-electron chi connectivity index (χ4n) is 3.46. The molecule has 2 amide bonds. The van der Waals surface area contributed by atoms with Crippen LogP contribution in [0.4, 0.5) is 5.69 Å². The smallest absolute Gasteiger partial charge is 0.275 e. The highest BCUT2D eigenvalue weighted by atomic mass is 16.2. The maximum absolute atomic E-state index is 12.6. The van der Waals surface area contributed by atoms with Crippen LogP contribution in [0.3, 0.4) is 0 Å². The number of rotatable bonds is 6. The third-order valence-corrected chi connectivity index (χ3v) is 5.35. The summed E-state index contributed by atoms with van der Waals surface area (Å²) in [6.45, 7) is 3.55. The number of carbonyl (C=O) groups is 2. The van der Waals surface area contributed by atoms with E-state index in [1.807, 2.05) is 50.2 Å². The van der Waals surface area contributed by atoms with Gasteiger partial charge in [-0.15, -0.1) is 0 Å². The summed E-state index contributed by atoms with van der Waals surface area (Å²) in [7, 11) is 0. The van der Waals surface area contributed by atoms with E-state index in [0.717, 1.165) is 29.5 Å². The van der Waals surface area contributed by atoms with Gasteiger partial charge in [0.1, 0.15) is 6.54 Å². The molecule has 0 radical (unpaired) electrons. The second-order valence-corrected chi connectivity index (χ2v) is 7.77. The summed E-state index contributed by atoms with van der Waals surface area (Å²) < 4.78 is 1.20. The van der Waals surface area contributed by atoms with E-state index in [1.54, 1.807) is 12.1 Å². The minimum absolute atomic E-state index is 0.0627. The molecule has 1 fully saturated rings. The van der Waals surface area contributed by atoms with Crippen LogP contribution in [0.1, 0.15) is 37.1 Å². The number of carbonyl (C=O) groups excluding carboxylic acids is 2. The zero-order valence-electron chi connectivity index (χ0n) is 17.0. The Labute approximate surface area is 174 Å². The molecule has 0 saturated heterocycles. The van der Waals surface area contributed by atoms with E-state index < -0.39 is 0 Å². The number of anilines is 1. The van der Waals surface area contributed by atoms with Crippen molar-refractivity contribution >= 4 is 28.3 Å². The van der Waals surface area contributed by atoms with Crippen molar-refractivity contribution in [3.63, 3.8) is 0 Å². The molecule has 0 bridgehead atoms. The van der Waals surface area contributed by atoms with Crippen LogP contribution in [0, 0.1) is 12.8 Å². The van der Waals surface area contributed by atoms with Crippen molar-refractivity contribution in [3.8, 4) is 0 Å². The van der Waals surface area contributed by atoms with Gasteiger partial charge in [-0.25, -0.2) is 4.68 Å². The highest BCUT2D eigenvalue weighted by Gasteiger charge is 2.29. The Morgan fingerprint density at radius 2 is 1.77 bits per heavy atom. The van der Waals surface area contributed by atoms with Crippen LogP contribution in [0.2, 0.25) is 0 Å². The Hall–Kier alpha value is -3.48. The minimum Gasteiger partial charge on any atom is -0.348 e. The zero-order valence-corrected chi connectivity index (χ0v) is 17.0. The van der Waals surface area contributed by atoms with Crippen molar-refractivity contribution < 1.29 is 9.59 Å². The Kier molecular flexibility index (Phi) is 5.35. The van der Waals surface area contributed by atoms with Crippen LogP contribution in [0.5, 0.6) is 0 Å². The van der Waals surface area contributed by atoms with Gasteiger partial charge in [0.15, 0.2) is 0 Å². The molecule has 2 N–H and O–H groups in total. The largest absolute Gasteiger partial charge is 0.348 e. The highest BCUT2D eigenvalue weighted by Crippen LogP contribution is 2.30. The summed E-state index contributed by atoms with van der Waals surface area (Å²) in [6.07, 6.45) is 1.92. The second kappa shape index (κ2) is 8.10.